The summed E-state index contributed by atoms with van der Waals surface area (Å²) in [6.45, 7) is 9.64. The van der Waals surface area contributed by atoms with E-state index < -0.39 is 18.1 Å². The van der Waals surface area contributed by atoms with E-state index in [1.807, 2.05) is 74.5 Å². The molecule has 1 unspecified atom stereocenters. The number of alkyl halides is 2. The lowest BCUT2D eigenvalue weighted by Gasteiger charge is -2.33. The van der Waals surface area contributed by atoms with Gasteiger partial charge in [-0.15, -0.1) is 0 Å². The van der Waals surface area contributed by atoms with E-state index in [9.17, 15) is 28.0 Å². The number of carbonyl (C=O) groups excluding carboxylic acids is 2. The number of benzene rings is 4. The molecule has 2 saturated heterocycles. The van der Waals surface area contributed by atoms with Gasteiger partial charge in [-0.25, -0.2) is 8.78 Å². The van der Waals surface area contributed by atoms with Crippen LogP contribution >= 0.6 is 0 Å². The molecule has 0 radical (unpaired) electrons. The van der Waals surface area contributed by atoms with Crippen molar-refractivity contribution in [2.75, 3.05) is 39.4 Å². The molecular weight excluding hydrogens is 771 g/mol. The zero-order valence-corrected chi connectivity index (χ0v) is 34.1. The van der Waals surface area contributed by atoms with Gasteiger partial charge in [0, 0.05) is 62.5 Å². The van der Waals surface area contributed by atoms with Gasteiger partial charge in [0.2, 0.25) is 0 Å². The van der Waals surface area contributed by atoms with Crippen LogP contribution in [0, 0.1) is 13.8 Å². The number of hydrogen-bond donors (Lipinski definition) is 2. The third-order valence-corrected chi connectivity index (χ3v) is 11.1. The monoisotopic (exact) mass is 818 g/mol. The predicted molar refractivity (Wildman–Crippen MR) is 228 cm³/mol. The Morgan fingerprint density at radius 2 is 1.03 bits per heavy atom. The maximum absolute atomic E-state index is 13.4. The van der Waals surface area contributed by atoms with Gasteiger partial charge < -0.3 is 34.0 Å². The van der Waals surface area contributed by atoms with Crippen molar-refractivity contribution in [3.05, 3.63) is 129 Å². The van der Waals surface area contributed by atoms with E-state index in [2.05, 4.69) is 9.97 Å². The van der Waals surface area contributed by atoms with E-state index in [1.54, 1.807) is 55.4 Å². The number of fused-ring (bicyclic) bond motifs is 2. The number of rotatable bonds is 8. The van der Waals surface area contributed by atoms with Crippen LogP contribution in [0.4, 0.5) is 8.78 Å². The highest BCUT2D eigenvalue weighted by Crippen LogP contribution is 2.33. The summed E-state index contributed by atoms with van der Waals surface area (Å²) in [5, 5.41) is 2.62. The normalized spacial score (nSPS) is 16.1. The Kier molecular flexibility index (Phi) is 12.5. The second kappa shape index (κ2) is 17.9. The van der Waals surface area contributed by atoms with Gasteiger partial charge in [0.15, 0.2) is 12.2 Å². The third-order valence-electron chi connectivity index (χ3n) is 11.1. The van der Waals surface area contributed by atoms with E-state index in [-0.39, 0.29) is 48.9 Å². The molecule has 6 aromatic rings. The molecule has 2 aliphatic rings. The minimum atomic E-state index is -2.71. The molecule has 4 aromatic carbocycles. The fraction of sp³-hybridized carbons (Fsp3) is 0.319. The number of amides is 2. The van der Waals surface area contributed by atoms with Gasteiger partial charge in [-0.3, -0.25) is 19.2 Å². The zero-order chi connectivity index (χ0) is 42.6. The Hall–Kier alpha value is -6.34. The molecule has 2 aromatic heterocycles. The summed E-state index contributed by atoms with van der Waals surface area (Å²) in [4.78, 5) is 58.9. The van der Waals surface area contributed by atoms with E-state index in [1.165, 1.54) is 4.90 Å². The summed E-state index contributed by atoms with van der Waals surface area (Å²) in [7, 11) is 0. The predicted octanol–water partition coefficient (Wildman–Crippen LogP) is 7.66. The number of nitrogens with zero attached hydrogens (tertiary/aromatic N) is 2. The highest BCUT2D eigenvalue weighted by molar-refractivity contribution is 5.98. The maximum atomic E-state index is 13.4. The maximum Gasteiger partial charge on any atom is 0.263 e. The molecule has 8 rings (SSSR count). The van der Waals surface area contributed by atoms with E-state index in [0.29, 0.717) is 48.6 Å². The molecule has 0 saturated carbocycles. The molecule has 4 heterocycles. The number of morpholine rings is 1. The molecule has 11 nitrogen and oxygen atoms in total. The van der Waals surface area contributed by atoms with Crippen LogP contribution in [0.1, 0.15) is 37.8 Å². The average molecular weight is 819 g/mol. The smallest absolute Gasteiger partial charge is 0.263 e. The van der Waals surface area contributed by atoms with Gasteiger partial charge in [-0.2, -0.15) is 0 Å². The first-order valence-electron chi connectivity index (χ1n) is 20.1. The number of piperidine rings is 1. The standard InChI is InChI=1S/C24H24F2N2O3.C23H24N2O4/c1-15-5-3-4-6-18(15)21-14-27-22(29)20-13-17(7-8-19(20)21)31-16(2)23(30)28-11-9-24(25,26)10-12-28;1-15-5-3-4-6-18(15)21-14-24-22(26)20-13-17(7-8-19(20)21)29-16(2)23(27)25-9-11-28-12-10-25/h3-8,13-14,16H,9-12H2,1-2H3,(H,27,29);3-8,13-14,16H,9-12H2,1-2H3,(H,24,26)/t16-;/m1./s1. The highest BCUT2D eigenvalue weighted by atomic mass is 19.3. The zero-order valence-electron chi connectivity index (χ0n) is 34.1. The van der Waals surface area contributed by atoms with Crippen molar-refractivity contribution in [3.8, 4) is 33.8 Å². The van der Waals surface area contributed by atoms with Crippen molar-refractivity contribution in [2.24, 2.45) is 0 Å². The number of hydrogen-bond acceptors (Lipinski definition) is 7. The largest absolute Gasteiger partial charge is 0.481 e. The topological polar surface area (TPSA) is 134 Å². The Labute approximate surface area is 345 Å². The van der Waals surface area contributed by atoms with E-state index in [0.717, 1.165) is 44.2 Å². The number of aryl methyl sites for hydroxylation is 2. The second-order valence-electron chi connectivity index (χ2n) is 15.2. The van der Waals surface area contributed by atoms with Gasteiger partial charge in [0.1, 0.15) is 11.5 Å². The Morgan fingerprint density at radius 1 is 0.617 bits per heavy atom. The van der Waals surface area contributed by atoms with Crippen LogP contribution in [-0.4, -0.2) is 89.1 Å². The summed E-state index contributed by atoms with van der Waals surface area (Å²) in [6, 6.07) is 26.5. The van der Waals surface area contributed by atoms with Gasteiger partial charge in [0.25, 0.3) is 28.9 Å². The summed E-state index contributed by atoms with van der Waals surface area (Å²) in [5.74, 6) is -2.24. The SMILES string of the molecule is Cc1ccccc1-c1c[nH]c(=O)c2cc(OC(C)C(=O)N3CCOCC3)ccc12.Cc1ccccc1-c1c[nH]c(=O)c2cc(O[C@H](C)C(=O)N3CCC(F)(F)CC3)ccc12. The van der Waals surface area contributed by atoms with Crippen LogP contribution in [0.3, 0.4) is 0 Å². The quantitative estimate of drug-likeness (QED) is 0.161. The Morgan fingerprint density at radius 3 is 1.47 bits per heavy atom. The molecule has 2 atom stereocenters. The Bertz CT molecular complexity index is 2640. The van der Waals surface area contributed by atoms with Crippen LogP contribution in [-0.2, 0) is 14.3 Å². The fourth-order valence-corrected chi connectivity index (χ4v) is 7.68. The number of pyridine rings is 2. The first-order valence-corrected chi connectivity index (χ1v) is 20.1. The molecule has 2 N–H and O–H groups in total. The molecule has 60 heavy (non-hydrogen) atoms. The van der Waals surface area contributed by atoms with Crippen molar-refractivity contribution in [1.82, 2.24) is 19.8 Å². The summed E-state index contributed by atoms with van der Waals surface area (Å²) >= 11 is 0. The molecule has 0 spiro atoms. The molecule has 0 bridgehead atoms. The number of likely N-dealkylation sites (tertiary alicyclic amines) is 1. The van der Waals surface area contributed by atoms with Crippen molar-refractivity contribution >= 4 is 33.4 Å². The molecule has 0 aliphatic carbocycles. The molecule has 2 amide bonds. The van der Waals surface area contributed by atoms with Crippen LogP contribution in [0.2, 0.25) is 0 Å². The number of aromatic nitrogens is 2. The van der Waals surface area contributed by atoms with Gasteiger partial charge in [-0.1, -0.05) is 48.5 Å². The first kappa shape index (κ1) is 41.8. The van der Waals surface area contributed by atoms with Crippen LogP contribution in [0.25, 0.3) is 43.8 Å². The van der Waals surface area contributed by atoms with Gasteiger partial charge in [-0.05, 0) is 97.1 Å². The summed E-state index contributed by atoms with van der Waals surface area (Å²) < 4.78 is 43.7. The third kappa shape index (κ3) is 9.26. The molecular formula is C47H48F2N4O7. The molecule has 13 heteroatoms. The fourth-order valence-electron chi connectivity index (χ4n) is 7.68. The lowest BCUT2D eigenvalue weighted by atomic mass is 9.97. The van der Waals surface area contributed by atoms with Crippen LogP contribution in [0.5, 0.6) is 11.5 Å². The van der Waals surface area contributed by atoms with Crippen LogP contribution in [0.15, 0.2) is 107 Å². The van der Waals surface area contributed by atoms with Crippen LogP contribution < -0.4 is 20.6 Å². The van der Waals surface area contributed by atoms with Crippen molar-refractivity contribution < 1.29 is 32.6 Å². The molecule has 2 aliphatic heterocycles. The summed E-state index contributed by atoms with van der Waals surface area (Å²) in [6.07, 6.45) is 1.30. The van der Waals surface area contributed by atoms with E-state index >= 15 is 0 Å². The second-order valence-corrected chi connectivity index (χ2v) is 15.2. The molecule has 2 fully saturated rings. The lowest BCUT2D eigenvalue weighted by Crippen LogP contribution is -2.47. The number of nitrogens with one attached hydrogen (secondary N) is 2. The van der Waals surface area contributed by atoms with Crippen molar-refractivity contribution in [2.45, 2.75) is 58.7 Å². The van der Waals surface area contributed by atoms with E-state index in [4.69, 9.17) is 14.2 Å². The minimum Gasteiger partial charge on any atom is -0.481 e. The number of ether oxygens (including phenoxy) is 3. The number of H-pyrrole nitrogens is 2. The molecule has 312 valence electrons. The average Bonchev–Trinajstić information content (AvgIpc) is 3.25. The van der Waals surface area contributed by atoms with Gasteiger partial charge >= 0.3 is 0 Å². The van der Waals surface area contributed by atoms with Gasteiger partial charge in [0.05, 0.1) is 24.0 Å². The van der Waals surface area contributed by atoms with Crippen molar-refractivity contribution in [3.63, 3.8) is 0 Å². The number of halogens is 2. The summed E-state index contributed by atoms with van der Waals surface area (Å²) in [5.41, 5.74) is 5.72. The highest BCUT2D eigenvalue weighted by Gasteiger charge is 2.37. The number of aromatic amines is 2. The minimum absolute atomic E-state index is 0.0106. The first-order chi connectivity index (χ1) is 28.8. The Balaban J connectivity index is 0.000000182. The van der Waals surface area contributed by atoms with Crippen molar-refractivity contribution in [1.29, 1.82) is 0 Å². The lowest BCUT2D eigenvalue weighted by molar-refractivity contribution is -0.144. The number of carbonyl (C=O) groups is 2.